The number of urea groups is 1. The summed E-state index contributed by atoms with van der Waals surface area (Å²) in [5.74, 6) is 1.19. The van der Waals surface area contributed by atoms with Crippen molar-refractivity contribution in [2.45, 2.75) is 13.8 Å². The van der Waals surface area contributed by atoms with Crippen LogP contribution < -0.4 is 20.1 Å². The van der Waals surface area contributed by atoms with Crippen molar-refractivity contribution in [2.75, 3.05) is 19.5 Å². The molecule has 5 heteroatoms. The molecule has 0 fully saturated rings. The number of carbonyl (C=O) groups excluding carboxylic acids is 1. The van der Waals surface area contributed by atoms with Gasteiger partial charge < -0.3 is 20.1 Å². The van der Waals surface area contributed by atoms with Gasteiger partial charge in [-0.1, -0.05) is 5.57 Å². The van der Waals surface area contributed by atoms with Crippen molar-refractivity contribution >= 4 is 11.7 Å². The summed E-state index contributed by atoms with van der Waals surface area (Å²) in [5, 5.41) is 5.31. The molecule has 5 nitrogen and oxygen atoms in total. The van der Waals surface area contributed by atoms with Crippen LogP contribution in [0.2, 0.25) is 0 Å². The Morgan fingerprint density at radius 1 is 1.17 bits per heavy atom. The number of allylic oxidation sites excluding steroid dienone is 1. The summed E-state index contributed by atoms with van der Waals surface area (Å²) in [7, 11) is 3.11. The fourth-order valence-electron chi connectivity index (χ4n) is 1.29. The Labute approximate surface area is 107 Å². The van der Waals surface area contributed by atoms with Crippen molar-refractivity contribution in [3.63, 3.8) is 0 Å². The fourth-order valence-corrected chi connectivity index (χ4v) is 1.29. The van der Waals surface area contributed by atoms with E-state index in [4.69, 9.17) is 9.47 Å². The molecule has 0 saturated heterocycles. The molecule has 98 valence electrons. The third-order valence-electron chi connectivity index (χ3n) is 2.13. The van der Waals surface area contributed by atoms with Crippen molar-refractivity contribution in [3.8, 4) is 11.5 Å². The maximum Gasteiger partial charge on any atom is 0.323 e. The van der Waals surface area contributed by atoms with E-state index >= 15 is 0 Å². The number of nitrogens with one attached hydrogen (secondary N) is 2. The van der Waals surface area contributed by atoms with Gasteiger partial charge in [0, 0.05) is 18.0 Å². The van der Waals surface area contributed by atoms with Crippen LogP contribution in [0.15, 0.2) is 30.0 Å². The van der Waals surface area contributed by atoms with Crippen LogP contribution in [-0.2, 0) is 0 Å². The monoisotopic (exact) mass is 250 g/mol. The third-order valence-corrected chi connectivity index (χ3v) is 2.13. The van der Waals surface area contributed by atoms with E-state index in [9.17, 15) is 4.79 Å². The summed E-state index contributed by atoms with van der Waals surface area (Å²) in [5.41, 5.74) is 1.64. The van der Waals surface area contributed by atoms with E-state index < -0.39 is 0 Å². The van der Waals surface area contributed by atoms with Gasteiger partial charge in [0.15, 0.2) is 11.5 Å². The average Bonchev–Trinajstić information content (AvgIpc) is 2.36. The lowest BCUT2D eigenvalue weighted by atomic mass is 10.3. The molecule has 0 heterocycles. The standard InChI is InChI=1S/C13H18N2O3/c1-9(2)8-14-13(16)15-10-5-6-11(17-3)12(7-10)18-4/h5-8H,1-4H3,(H2,14,15,16). The first-order valence-corrected chi connectivity index (χ1v) is 5.49. The number of rotatable bonds is 4. The molecule has 0 saturated carbocycles. The zero-order valence-electron chi connectivity index (χ0n) is 11.0. The number of hydrogen-bond acceptors (Lipinski definition) is 3. The Balaban J connectivity index is 2.73. The number of anilines is 1. The SMILES string of the molecule is COc1ccc(NC(=O)NC=C(C)C)cc1OC. The van der Waals surface area contributed by atoms with Crippen LogP contribution >= 0.6 is 0 Å². The molecule has 0 aliphatic heterocycles. The van der Waals surface area contributed by atoms with Gasteiger partial charge in [-0.15, -0.1) is 0 Å². The summed E-state index contributed by atoms with van der Waals surface area (Å²) in [6, 6.07) is 4.86. The van der Waals surface area contributed by atoms with Crippen molar-refractivity contribution in [1.82, 2.24) is 5.32 Å². The van der Waals surface area contributed by atoms with Crippen LogP contribution in [0.3, 0.4) is 0 Å². The lowest BCUT2D eigenvalue weighted by Gasteiger charge is -2.10. The predicted octanol–water partition coefficient (Wildman–Crippen LogP) is 2.75. The summed E-state index contributed by atoms with van der Waals surface area (Å²) < 4.78 is 10.3. The number of methoxy groups -OCH3 is 2. The molecule has 0 aliphatic rings. The topological polar surface area (TPSA) is 59.6 Å². The predicted molar refractivity (Wildman–Crippen MR) is 71.1 cm³/mol. The number of benzene rings is 1. The molecule has 2 amide bonds. The molecular weight excluding hydrogens is 232 g/mol. The number of hydrogen-bond donors (Lipinski definition) is 2. The average molecular weight is 250 g/mol. The second-order valence-electron chi connectivity index (χ2n) is 3.89. The highest BCUT2D eigenvalue weighted by atomic mass is 16.5. The smallest absolute Gasteiger partial charge is 0.323 e. The second-order valence-corrected chi connectivity index (χ2v) is 3.89. The van der Waals surface area contributed by atoms with E-state index in [2.05, 4.69) is 10.6 Å². The van der Waals surface area contributed by atoms with Gasteiger partial charge >= 0.3 is 6.03 Å². The molecular formula is C13H18N2O3. The maximum atomic E-state index is 11.5. The molecule has 0 unspecified atom stereocenters. The number of carbonyl (C=O) groups is 1. The van der Waals surface area contributed by atoms with E-state index in [1.54, 1.807) is 38.6 Å². The largest absolute Gasteiger partial charge is 0.493 e. The van der Waals surface area contributed by atoms with Crippen LogP contribution in [0.1, 0.15) is 13.8 Å². The van der Waals surface area contributed by atoms with Gasteiger partial charge in [-0.2, -0.15) is 0 Å². The van der Waals surface area contributed by atoms with Gasteiger partial charge in [-0.25, -0.2) is 4.79 Å². The van der Waals surface area contributed by atoms with Crippen LogP contribution in [0, 0.1) is 0 Å². The van der Waals surface area contributed by atoms with Gasteiger partial charge in [-0.3, -0.25) is 0 Å². The van der Waals surface area contributed by atoms with Crippen molar-refractivity contribution in [3.05, 3.63) is 30.0 Å². The number of amides is 2. The van der Waals surface area contributed by atoms with Gasteiger partial charge in [0.1, 0.15) is 0 Å². The Hall–Kier alpha value is -2.17. The van der Waals surface area contributed by atoms with Gasteiger partial charge in [-0.05, 0) is 26.0 Å². The van der Waals surface area contributed by atoms with Crippen molar-refractivity contribution in [1.29, 1.82) is 0 Å². The van der Waals surface area contributed by atoms with Crippen LogP contribution in [0.25, 0.3) is 0 Å². The maximum absolute atomic E-state index is 11.5. The summed E-state index contributed by atoms with van der Waals surface area (Å²) in [6.45, 7) is 3.80. The first kappa shape index (κ1) is 13.9. The Morgan fingerprint density at radius 3 is 2.39 bits per heavy atom. The Morgan fingerprint density at radius 2 is 1.83 bits per heavy atom. The van der Waals surface area contributed by atoms with E-state index in [-0.39, 0.29) is 6.03 Å². The summed E-state index contributed by atoms with van der Waals surface area (Å²) in [4.78, 5) is 11.5. The quantitative estimate of drug-likeness (QED) is 0.863. The molecule has 0 spiro atoms. The van der Waals surface area contributed by atoms with Gasteiger partial charge in [0.05, 0.1) is 14.2 Å². The van der Waals surface area contributed by atoms with Crippen molar-refractivity contribution < 1.29 is 14.3 Å². The second kappa shape index (κ2) is 6.54. The zero-order chi connectivity index (χ0) is 13.5. The molecule has 1 rings (SSSR count). The minimum Gasteiger partial charge on any atom is -0.493 e. The fraction of sp³-hybridized carbons (Fsp3) is 0.308. The van der Waals surface area contributed by atoms with Crippen LogP contribution in [0.4, 0.5) is 10.5 Å². The third kappa shape index (κ3) is 4.01. The zero-order valence-corrected chi connectivity index (χ0v) is 11.0. The minimum atomic E-state index is -0.302. The Kier molecular flexibility index (Phi) is 5.05. The number of ether oxygens (including phenoxy) is 2. The van der Waals surface area contributed by atoms with E-state index in [0.29, 0.717) is 17.2 Å². The van der Waals surface area contributed by atoms with Crippen molar-refractivity contribution in [2.24, 2.45) is 0 Å². The highest BCUT2D eigenvalue weighted by Crippen LogP contribution is 2.29. The Bertz CT molecular complexity index is 452. The minimum absolute atomic E-state index is 0.302. The lowest BCUT2D eigenvalue weighted by Crippen LogP contribution is -2.24. The van der Waals surface area contributed by atoms with Gasteiger partial charge in [0.2, 0.25) is 0 Å². The molecule has 0 aliphatic carbocycles. The van der Waals surface area contributed by atoms with Crippen LogP contribution in [0.5, 0.6) is 11.5 Å². The summed E-state index contributed by atoms with van der Waals surface area (Å²) >= 11 is 0. The lowest BCUT2D eigenvalue weighted by molar-refractivity contribution is 0.255. The highest BCUT2D eigenvalue weighted by molar-refractivity contribution is 5.90. The molecule has 2 N–H and O–H groups in total. The molecule has 0 aromatic heterocycles. The molecule has 1 aromatic carbocycles. The summed E-state index contributed by atoms with van der Waals surface area (Å²) in [6.07, 6.45) is 1.64. The van der Waals surface area contributed by atoms with E-state index in [1.165, 1.54) is 0 Å². The molecule has 0 radical (unpaired) electrons. The molecule has 1 aromatic rings. The molecule has 18 heavy (non-hydrogen) atoms. The highest BCUT2D eigenvalue weighted by Gasteiger charge is 2.06. The van der Waals surface area contributed by atoms with Gasteiger partial charge in [0.25, 0.3) is 0 Å². The molecule has 0 bridgehead atoms. The first-order valence-electron chi connectivity index (χ1n) is 5.49. The van der Waals surface area contributed by atoms with E-state index in [1.807, 2.05) is 13.8 Å². The molecule has 0 atom stereocenters. The van der Waals surface area contributed by atoms with Crippen LogP contribution in [-0.4, -0.2) is 20.3 Å². The van der Waals surface area contributed by atoms with E-state index in [0.717, 1.165) is 5.57 Å². The normalized spacial score (nSPS) is 9.33. The first-order chi connectivity index (χ1) is 8.56.